The molecule has 2 heterocycles. The molecule has 0 aliphatic carbocycles. The zero-order valence-corrected chi connectivity index (χ0v) is 20.3. The minimum atomic E-state index is -3.65. The van der Waals surface area contributed by atoms with Gasteiger partial charge in [-0.15, -0.1) is 0 Å². The fraction of sp³-hybridized carbons (Fsp3) is 0.417. The number of hydrogen-bond donors (Lipinski definition) is 1. The molecule has 0 bridgehead atoms. The second-order valence-electron chi connectivity index (χ2n) is 8.89. The van der Waals surface area contributed by atoms with Crippen molar-refractivity contribution in [2.75, 3.05) is 18.4 Å². The first-order valence-electron chi connectivity index (χ1n) is 11.2. The molecule has 2 aromatic carbocycles. The Bertz CT molecular complexity index is 1380. The third-order valence-electron chi connectivity index (χ3n) is 6.33. The summed E-state index contributed by atoms with van der Waals surface area (Å²) in [4.78, 5) is 26.3. The predicted molar refractivity (Wildman–Crippen MR) is 129 cm³/mol. The fourth-order valence-corrected chi connectivity index (χ4v) is 5.91. The van der Waals surface area contributed by atoms with Crippen LogP contribution in [-0.2, 0) is 21.4 Å². The molecule has 0 saturated carbocycles. The van der Waals surface area contributed by atoms with Crippen LogP contribution in [0.25, 0.3) is 11.0 Å². The summed E-state index contributed by atoms with van der Waals surface area (Å²) in [5.41, 5.74) is 3.41. The fourth-order valence-electron chi connectivity index (χ4n) is 4.37. The highest BCUT2D eigenvalue weighted by molar-refractivity contribution is 7.89. The zero-order chi connectivity index (χ0) is 23.9. The van der Waals surface area contributed by atoms with Crippen LogP contribution in [0.3, 0.4) is 0 Å². The Kier molecular flexibility index (Phi) is 6.20. The topological polar surface area (TPSA) is 93.4 Å². The molecule has 9 heteroatoms. The van der Waals surface area contributed by atoms with Crippen LogP contribution in [0.2, 0.25) is 0 Å². The number of anilines is 1. The Labute approximate surface area is 193 Å². The smallest absolute Gasteiger partial charge is 0.324 e. The van der Waals surface area contributed by atoms with E-state index < -0.39 is 10.0 Å². The lowest BCUT2D eigenvalue weighted by molar-refractivity contribution is -0.116. The van der Waals surface area contributed by atoms with Gasteiger partial charge in [0.1, 0.15) is 6.54 Å². The van der Waals surface area contributed by atoms with Crippen LogP contribution in [0.15, 0.2) is 46.1 Å². The molecular formula is C24H30N4O4S. The van der Waals surface area contributed by atoms with E-state index in [-0.39, 0.29) is 29.1 Å². The number of fused-ring (bicyclic) bond motifs is 1. The average molecular weight is 471 g/mol. The molecule has 1 aromatic heterocycles. The van der Waals surface area contributed by atoms with Crippen molar-refractivity contribution in [2.24, 2.45) is 0 Å². The number of nitrogens with zero attached hydrogens (tertiary/aromatic N) is 3. The van der Waals surface area contributed by atoms with Crippen molar-refractivity contribution in [3.05, 3.63) is 58.0 Å². The Morgan fingerprint density at radius 2 is 1.76 bits per heavy atom. The number of aryl methyl sites for hydroxylation is 1. The Morgan fingerprint density at radius 3 is 2.42 bits per heavy atom. The van der Waals surface area contributed by atoms with Crippen LogP contribution in [0.1, 0.15) is 43.9 Å². The second kappa shape index (κ2) is 8.79. The molecule has 0 spiro atoms. The predicted octanol–water partition coefficient (Wildman–Crippen LogP) is 3.42. The molecule has 0 atom stereocenters. The van der Waals surface area contributed by atoms with Gasteiger partial charge in [-0.3, -0.25) is 13.9 Å². The number of hydrogen-bond acceptors (Lipinski definition) is 4. The number of amides is 1. The van der Waals surface area contributed by atoms with Gasteiger partial charge in [-0.05, 0) is 75.9 Å². The van der Waals surface area contributed by atoms with E-state index in [1.54, 1.807) is 16.7 Å². The molecule has 8 nitrogen and oxygen atoms in total. The first-order chi connectivity index (χ1) is 15.6. The Balaban J connectivity index is 1.76. The lowest BCUT2D eigenvalue weighted by Gasteiger charge is -2.16. The van der Waals surface area contributed by atoms with Crippen LogP contribution in [-0.4, -0.2) is 40.9 Å². The molecule has 0 radical (unpaired) electrons. The van der Waals surface area contributed by atoms with Crippen molar-refractivity contribution in [1.82, 2.24) is 13.4 Å². The molecule has 176 valence electrons. The van der Waals surface area contributed by atoms with Gasteiger partial charge in [-0.2, -0.15) is 4.31 Å². The summed E-state index contributed by atoms with van der Waals surface area (Å²) in [6.45, 7) is 8.45. The summed E-state index contributed by atoms with van der Waals surface area (Å²) in [5, 5.41) is 2.89. The summed E-state index contributed by atoms with van der Waals surface area (Å²) in [5.74, 6) is -0.346. The number of nitrogens with one attached hydrogen (secondary N) is 1. The van der Waals surface area contributed by atoms with Gasteiger partial charge in [0.2, 0.25) is 15.9 Å². The molecular weight excluding hydrogens is 440 g/mol. The maximum Gasteiger partial charge on any atom is 0.329 e. The lowest BCUT2D eigenvalue weighted by Crippen LogP contribution is -2.30. The molecule has 1 aliphatic heterocycles. The van der Waals surface area contributed by atoms with Crippen molar-refractivity contribution < 1.29 is 13.2 Å². The van der Waals surface area contributed by atoms with Gasteiger partial charge in [-0.25, -0.2) is 13.2 Å². The third-order valence-corrected chi connectivity index (χ3v) is 8.23. The molecule has 4 rings (SSSR count). The van der Waals surface area contributed by atoms with Crippen LogP contribution in [0.4, 0.5) is 5.69 Å². The van der Waals surface area contributed by atoms with Crippen molar-refractivity contribution in [2.45, 2.75) is 58.0 Å². The molecule has 1 aliphatic rings. The Hall–Kier alpha value is -2.91. The monoisotopic (exact) mass is 470 g/mol. The summed E-state index contributed by atoms with van der Waals surface area (Å²) in [6.07, 6.45) is 1.68. The van der Waals surface area contributed by atoms with Crippen LogP contribution in [0.5, 0.6) is 0 Å². The van der Waals surface area contributed by atoms with Gasteiger partial charge in [0.15, 0.2) is 0 Å². The number of carbonyl (C=O) groups excluding carboxylic acids is 1. The van der Waals surface area contributed by atoms with Gasteiger partial charge >= 0.3 is 5.69 Å². The standard InChI is InChI=1S/C24H30N4O4S/c1-16(2)28-21-11-10-19(33(31,32)26-12-5-6-13-26)14-22(21)27(24(28)30)15-23(29)25-20-9-7-8-17(3)18(20)4/h7-11,14,16H,5-6,12-13,15H2,1-4H3,(H,25,29). The minimum absolute atomic E-state index is 0.140. The number of aromatic nitrogens is 2. The number of rotatable bonds is 6. The SMILES string of the molecule is Cc1cccc(NC(=O)Cn2c(=O)n(C(C)C)c3ccc(S(=O)(=O)N4CCCC4)cc32)c1C. The molecule has 1 fully saturated rings. The van der Waals surface area contributed by atoms with Crippen LogP contribution in [0, 0.1) is 13.8 Å². The summed E-state index contributed by atoms with van der Waals surface area (Å²) in [6, 6.07) is 10.2. The first kappa shape index (κ1) is 23.3. The van der Waals surface area contributed by atoms with Crippen molar-refractivity contribution in [3.63, 3.8) is 0 Å². The zero-order valence-electron chi connectivity index (χ0n) is 19.5. The summed E-state index contributed by atoms with van der Waals surface area (Å²) in [7, 11) is -3.65. The average Bonchev–Trinajstić information content (AvgIpc) is 3.39. The van der Waals surface area contributed by atoms with Crippen molar-refractivity contribution in [3.8, 4) is 0 Å². The minimum Gasteiger partial charge on any atom is -0.324 e. The van der Waals surface area contributed by atoms with Crippen molar-refractivity contribution >= 4 is 32.7 Å². The van der Waals surface area contributed by atoms with Gasteiger partial charge < -0.3 is 5.32 Å². The van der Waals surface area contributed by atoms with Gasteiger partial charge in [-0.1, -0.05) is 12.1 Å². The Morgan fingerprint density at radius 1 is 1.06 bits per heavy atom. The van der Waals surface area contributed by atoms with E-state index in [9.17, 15) is 18.0 Å². The molecule has 1 N–H and O–H groups in total. The van der Waals surface area contributed by atoms with Gasteiger partial charge in [0.05, 0.1) is 15.9 Å². The van der Waals surface area contributed by atoms with E-state index in [0.29, 0.717) is 29.8 Å². The first-order valence-corrected chi connectivity index (χ1v) is 12.7. The van der Waals surface area contributed by atoms with E-state index in [1.165, 1.54) is 14.9 Å². The highest BCUT2D eigenvalue weighted by Crippen LogP contribution is 2.26. The number of imidazole rings is 1. The maximum absolute atomic E-state index is 13.2. The van der Waals surface area contributed by atoms with E-state index in [4.69, 9.17) is 0 Å². The van der Waals surface area contributed by atoms with Gasteiger partial charge in [0.25, 0.3) is 0 Å². The third kappa shape index (κ3) is 4.22. The summed E-state index contributed by atoms with van der Waals surface area (Å²) < 4.78 is 30.6. The molecule has 1 amide bonds. The summed E-state index contributed by atoms with van der Waals surface area (Å²) >= 11 is 0. The number of carbonyl (C=O) groups is 1. The number of sulfonamides is 1. The largest absolute Gasteiger partial charge is 0.329 e. The van der Waals surface area contributed by atoms with E-state index >= 15 is 0 Å². The maximum atomic E-state index is 13.2. The molecule has 33 heavy (non-hydrogen) atoms. The van der Waals surface area contributed by atoms with E-state index in [0.717, 1.165) is 24.0 Å². The van der Waals surface area contributed by atoms with Gasteiger partial charge in [0, 0.05) is 24.8 Å². The lowest BCUT2D eigenvalue weighted by atomic mass is 10.1. The molecule has 3 aromatic rings. The van der Waals surface area contributed by atoms with Crippen LogP contribution >= 0.6 is 0 Å². The number of benzene rings is 2. The highest BCUT2D eigenvalue weighted by Gasteiger charge is 2.28. The quantitative estimate of drug-likeness (QED) is 0.597. The van der Waals surface area contributed by atoms with Crippen LogP contribution < -0.4 is 11.0 Å². The normalized spacial score (nSPS) is 14.9. The molecule has 1 saturated heterocycles. The second-order valence-corrected chi connectivity index (χ2v) is 10.8. The van der Waals surface area contributed by atoms with E-state index in [2.05, 4.69) is 5.32 Å². The van der Waals surface area contributed by atoms with E-state index in [1.807, 2.05) is 45.9 Å². The molecule has 0 unspecified atom stereocenters. The highest BCUT2D eigenvalue weighted by atomic mass is 32.2. The van der Waals surface area contributed by atoms with Crippen molar-refractivity contribution in [1.29, 1.82) is 0 Å².